The Hall–Kier alpha value is -1.74. The summed E-state index contributed by atoms with van der Waals surface area (Å²) in [4.78, 5) is 2.35. The van der Waals surface area contributed by atoms with E-state index in [1.807, 2.05) is 7.05 Å². The number of nitrogens with zero attached hydrogens (tertiary/aromatic N) is 1. The van der Waals surface area contributed by atoms with Gasteiger partial charge in [-0.2, -0.15) is 0 Å². The first-order valence-electron chi connectivity index (χ1n) is 6.76. The molecule has 0 atom stereocenters. The first-order chi connectivity index (χ1) is 9.24. The first-order valence-corrected chi connectivity index (χ1v) is 6.76. The Balaban J connectivity index is 2.14. The van der Waals surface area contributed by atoms with Gasteiger partial charge in [0.15, 0.2) is 0 Å². The molecule has 2 aromatic rings. The summed E-state index contributed by atoms with van der Waals surface area (Å²) in [7, 11) is 1.93. The van der Waals surface area contributed by atoms with E-state index in [9.17, 15) is 0 Å². The van der Waals surface area contributed by atoms with Crippen LogP contribution in [0.4, 0.5) is 5.69 Å². The van der Waals surface area contributed by atoms with Crippen LogP contribution in [0, 0.1) is 6.92 Å². The Morgan fingerprint density at radius 3 is 2.53 bits per heavy atom. The number of furan rings is 1. The Labute approximate surface area is 115 Å². The van der Waals surface area contributed by atoms with Gasteiger partial charge in [0.1, 0.15) is 5.76 Å². The van der Waals surface area contributed by atoms with Crippen LogP contribution in [0.5, 0.6) is 0 Å². The fourth-order valence-corrected chi connectivity index (χ4v) is 2.17. The summed E-state index contributed by atoms with van der Waals surface area (Å²) >= 11 is 0. The molecule has 0 amide bonds. The minimum atomic E-state index is 0.772. The van der Waals surface area contributed by atoms with E-state index in [1.165, 1.54) is 16.8 Å². The third-order valence-electron chi connectivity index (χ3n) is 3.32. The molecule has 0 saturated carbocycles. The summed E-state index contributed by atoms with van der Waals surface area (Å²) in [5.41, 5.74) is 3.79. The van der Waals surface area contributed by atoms with Crippen molar-refractivity contribution in [2.45, 2.75) is 26.9 Å². The fourth-order valence-electron chi connectivity index (χ4n) is 2.17. The average Bonchev–Trinajstić information content (AvgIpc) is 2.85. The van der Waals surface area contributed by atoms with Gasteiger partial charge in [0.2, 0.25) is 0 Å². The lowest BCUT2D eigenvalue weighted by Gasteiger charge is -2.23. The van der Waals surface area contributed by atoms with Crippen molar-refractivity contribution < 1.29 is 4.42 Å². The lowest BCUT2D eigenvalue weighted by molar-refractivity contribution is 0.490. The zero-order valence-electron chi connectivity index (χ0n) is 11.9. The Morgan fingerprint density at radius 2 is 1.89 bits per heavy atom. The molecule has 1 N–H and O–H groups in total. The Bertz CT molecular complexity index is 502. The van der Waals surface area contributed by atoms with Crippen LogP contribution in [0.3, 0.4) is 0 Å². The van der Waals surface area contributed by atoms with E-state index in [2.05, 4.69) is 54.4 Å². The third kappa shape index (κ3) is 3.38. The number of nitrogens with one attached hydrogen (secondary N) is 1. The van der Waals surface area contributed by atoms with Crippen LogP contribution >= 0.6 is 0 Å². The zero-order chi connectivity index (χ0) is 13.7. The number of rotatable bonds is 6. The van der Waals surface area contributed by atoms with E-state index in [0.29, 0.717) is 0 Å². The lowest BCUT2D eigenvalue weighted by Crippen LogP contribution is -2.22. The maximum absolute atomic E-state index is 5.52. The minimum Gasteiger partial charge on any atom is -0.468 e. The van der Waals surface area contributed by atoms with Gasteiger partial charge in [0.05, 0.1) is 12.8 Å². The van der Waals surface area contributed by atoms with Crippen LogP contribution in [-0.4, -0.2) is 13.6 Å². The van der Waals surface area contributed by atoms with Gasteiger partial charge < -0.3 is 14.6 Å². The van der Waals surface area contributed by atoms with Crippen LogP contribution in [0.15, 0.2) is 41.0 Å². The molecule has 3 nitrogen and oxygen atoms in total. The normalized spacial score (nSPS) is 10.7. The van der Waals surface area contributed by atoms with Gasteiger partial charge >= 0.3 is 0 Å². The highest BCUT2D eigenvalue weighted by Crippen LogP contribution is 2.20. The number of aryl methyl sites for hydroxylation is 1. The SMILES string of the molecule is CCN(Cc1ccoc1CNC)c1ccc(C)cc1. The smallest absolute Gasteiger partial charge is 0.122 e. The molecular weight excluding hydrogens is 236 g/mol. The fraction of sp³-hybridized carbons (Fsp3) is 0.375. The lowest BCUT2D eigenvalue weighted by atomic mass is 10.2. The summed E-state index contributed by atoms with van der Waals surface area (Å²) in [6.07, 6.45) is 1.77. The quantitative estimate of drug-likeness (QED) is 0.861. The molecule has 102 valence electrons. The molecule has 0 radical (unpaired) electrons. The first kappa shape index (κ1) is 13.7. The topological polar surface area (TPSA) is 28.4 Å². The van der Waals surface area contributed by atoms with Gasteiger partial charge in [0, 0.05) is 24.3 Å². The van der Waals surface area contributed by atoms with Crippen molar-refractivity contribution in [3.8, 4) is 0 Å². The summed E-state index contributed by atoms with van der Waals surface area (Å²) in [6, 6.07) is 10.7. The van der Waals surface area contributed by atoms with E-state index in [1.54, 1.807) is 6.26 Å². The zero-order valence-corrected chi connectivity index (χ0v) is 11.9. The Morgan fingerprint density at radius 1 is 1.16 bits per heavy atom. The highest BCUT2D eigenvalue weighted by molar-refractivity contribution is 5.48. The molecule has 1 heterocycles. The van der Waals surface area contributed by atoms with E-state index < -0.39 is 0 Å². The van der Waals surface area contributed by atoms with Gasteiger partial charge in [-0.15, -0.1) is 0 Å². The van der Waals surface area contributed by atoms with Crippen LogP contribution in [0.1, 0.15) is 23.8 Å². The molecular formula is C16H22N2O. The molecule has 0 unspecified atom stereocenters. The van der Waals surface area contributed by atoms with Gasteiger partial charge in [-0.25, -0.2) is 0 Å². The molecule has 3 heteroatoms. The number of anilines is 1. The van der Waals surface area contributed by atoms with Gasteiger partial charge in [-0.05, 0) is 39.1 Å². The maximum atomic E-state index is 5.52. The van der Waals surface area contributed by atoms with Crippen molar-refractivity contribution >= 4 is 5.69 Å². The predicted molar refractivity (Wildman–Crippen MR) is 79.4 cm³/mol. The summed E-state index contributed by atoms with van der Waals surface area (Å²) in [5.74, 6) is 1.02. The molecule has 0 aliphatic rings. The molecule has 0 saturated heterocycles. The summed E-state index contributed by atoms with van der Waals surface area (Å²) < 4.78 is 5.52. The van der Waals surface area contributed by atoms with Crippen molar-refractivity contribution in [2.75, 3.05) is 18.5 Å². The van der Waals surface area contributed by atoms with Crippen molar-refractivity contribution in [1.82, 2.24) is 5.32 Å². The molecule has 2 rings (SSSR count). The second-order valence-electron chi connectivity index (χ2n) is 4.75. The maximum Gasteiger partial charge on any atom is 0.122 e. The van der Waals surface area contributed by atoms with Crippen molar-refractivity contribution in [3.63, 3.8) is 0 Å². The third-order valence-corrected chi connectivity index (χ3v) is 3.32. The van der Waals surface area contributed by atoms with Crippen LogP contribution in [0.25, 0.3) is 0 Å². The van der Waals surface area contributed by atoms with E-state index in [-0.39, 0.29) is 0 Å². The molecule has 19 heavy (non-hydrogen) atoms. The van der Waals surface area contributed by atoms with Gasteiger partial charge in [-0.3, -0.25) is 0 Å². The van der Waals surface area contributed by atoms with Gasteiger partial charge in [-0.1, -0.05) is 17.7 Å². The minimum absolute atomic E-state index is 0.772. The molecule has 1 aromatic heterocycles. The highest BCUT2D eigenvalue weighted by atomic mass is 16.3. The molecule has 0 aliphatic heterocycles. The Kier molecular flexibility index (Phi) is 4.63. The number of hydrogen-bond acceptors (Lipinski definition) is 3. The van der Waals surface area contributed by atoms with Crippen LogP contribution in [0.2, 0.25) is 0 Å². The van der Waals surface area contributed by atoms with E-state index in [0.717, 1.165) is 25.4 Å². The molecule has 0 bridgehead atoms. The second kappa shape index (κ2) is 6.43. The predicted octanol–water partition coefficient (Wildman–Crippen LogP) is 3.33. The van der Waals surface area contributed by atoms with E-state index >= 15 is 0 Å². The molecule has 0 aliphatic carbocycles. The second-order valence-corrected chi connectivity index (χ2v) is 4.75. The largest absolute Gasteiger partial charge is 0.468 e. The molecule has 0 fully saturated rings. The molecule has 0 spiro atoms. The van der Waals surface area contributed by atoms with Crippen molar-refractivity contribution in [1.29, 1.82) is 0 Å². The number of benzene rings is 1. The average molecular weight is 258 g/mol. The van der Waals surface area contributed by atoms with Crippen LogP contribution < -0.4 is 10.2 Å². The monoisotopic (exact) mass is 258 g/mol. The van der Waals surface area contributed by atoms with Gasteiger partial charge in [0.25, 0.3) is 0 Å². The van der Waals surface area contributed by atoms with Crippen LogP contribution in [-0.2, 0) is 13.1 Å². The highest BCUT2D eigenvalue weighted by Gasteiger charge is 2.10. The van der Waals surface area contributed by atoms with E-state index in [4.69, 9.17) is 4.42 Å². The van der Waals surface area contributed by atoms with Crippen molar-refractivity contribution in [3.05, 3.63) is 53.5 Å². The standard InChI is InChI=1S/C16H22N2O/c1-4-18(15-7-5-13(2)6-8-15)12-14-9-10-19-16(14)11-17-3/h5-10,17H,4,11-12H2,1-3H3. The van der Waals surface area contributed by atoms with Crippen molar-refractivity contribution in [2.24, 2.45) is 0 Å². The summed E-state index contributed by atoms with van der Waals surface area (Å²) in [5, 5.41) is 3.14. The number of hydrogen-bond donors (Lipinski definition) is 1. The molecule has 1 aromatic carbocycles. The summed E-state index contributed by atoms with van der Waals surface area (Å²) in [6.45, 7) is 6.92.